The summed E-state index contributed by atoms with van der Waals surface area (Å²) < 4.78 is 0. The number of hydroxylamine groups is 2. The van der Waals surface area contributed by atoms with Crippen LogP contribution in [0.5, 0.6) is 0 Å². The molecule has 0 aliphatic rings. The van der Waals surface area contributed by atoms with Gasteiger partial charge in [-0.05, 0) is 12.2 Å². The van der Waals surface area contributed by atoms with E-state index in [-0.39, 0.29) is 0 Å². The molecule has 7 heavy (non-hydrogen) atoms. The average Bonchev–Trinajstić information content (AvgIpc) is 1.72. The number of rotatable bonds is 3. The molecule has 0 radical (unpaired) electrons. The highest BCUT2D eigenvalue weighted by Crippen LogP contribution is 1.80. The minimum absolute atomic E-state index is 0.618. The molecular weight excluding hydrogens is 96.0 g/mol. The zero-order valence-corrected chi connectivity index (χ0v) is 4.55. The van der Waals surface area contributed by atoms with Crippen LogP contribution in [0.15, 0.2) is 0 Å². The predicted molar refractivity (Wildman–Crippen MR) is 24.7 cm³/mol. The first-order chi connectivity index (χ1) is 3.35. The van der Waals surface area contributed by atoms with E-state index in [0.29, 0.717) is 6.54 Å². The topological polar surface area (TPSA) is 47.7 Å². The molecule has 0 bridgehead atoms. The van der Waals surface area contributed by atoms with Crippen LogP contribution in [0.4, 0.5) is 0 Å². The summed E-state index contributed by atoms with van der Waals surface area (Å²) in [6.45, 7) is 2.48. The van der Waals surface area contributed by atoms with Gasteiger partial charge in [-0.25, -0.2) is 0 Å². The SMILES string of the molecule is CCN(OC)ON. The smallest absolute Gasteiger partial charge is 0.0602 e. The molecule has 0 fully saturated rings. The van der Waals surface area contributed by atoms with Gasteiger partial charge >= 0.3 is 0 Å². The fraction of sp³-hybridized carbons (Fsp3) is 1.00. The number of hydrogen-bond acceptors (Lipinski definition) is 4. The van der Waals surface area contributed by atoms with Crippen molar-refractivity contribution in [3.63, 3.8) is 0 Å². The summed E-state index contributed by atoms with van der Waals surface area (Å²) in [4.78, 5) is 8.69. The van der Waals surface area contributed by atoms with E-state index >= 15 is 0 Å². The van der Waals surface area contributed by atoms with Gasteiger partial charge in [0.15, 0.2) is 0 Å². The van der Waals surface area contributed by atoms with Crippen molar-refractivity contribution in [3.05, 3.63) is 0 Å². The highest BCUT2D eigenvalue weighted by atomic mass is 17.0. The molecule has 0 aromatic carbocycles. The van der Waals surface area contributed by atoms with Crippen molar-refractivity contribution >= 4 is 0 Å². The lowest BCUT2D eigenvalue weighted by Crippen LogP contribution is -2.25. The molecule has 0 atom stereocenters. The molecule has 0 aliphatic carbocycles. The molecule has 2 N–H and O–H groups in total. The maximum Gasteiger partial charge on any atom is 0.0602 e. The van der Waals surface area contributed by atoms with Crippen LogP contribution in [0.3, 0.4) is 0 Å². The third-order valence-corrected chi connectivity index (χ3v) is 0.579. The predicted octanol–water partition coefficient (Wildman–Crippen LogP) is -0.325. The first kappa shape index (κ1) is 6.84. The van der Waals surface area contributed by atoms with E-state index in [1.807, 2.05) is 6.92 Å². The second-order valence-corrected chi connectivity index (χ2v) is 0.937. The van der Waals surface area contributed by atoms with Crippen LogP contribution in [0.25, 0.3) is 0 Å². The van der Waals surface area contributed by atoms with Crippen LogP contribution in [0.2, 0.25) is 0 Å². The van der Waals surface area contributed by atoms with Crippen molar-refractivity contribution < 1.29 is 9.78 Å². The maximum atomic E-state index is 4.69. The number of nitrogens with zero attached hydrogens (tertiary/aromatic N) is 1. The Bertz CT molecular complexity index is 32.4. The van der Waals surface area contributed by atoms with Crippen molar-refractivity contribution in [3.8, 4) is 0 Å². The van der Waals surface area contributed by atoms with Gasteiger partial charge in [-0.1, -0.05) is 0 Å². The summed E-state index contributed by atoms with van der Waals surface area (Å²) in [5, 5.41) is 1.15. The van der Waals surface area contributed by atoms with Gasteiger partial charge in [0.1, 0.15) is 0 Å². The molecule has 0 rings (SSSR count). The van der Waals surface area contributed by atoms with Gasteiger partial charge in [-0.2, -0.15) is 10.8 Å². The molecule has 0 saturated heterocycles. The lowest BCUT2D eigenvalue weighted by atomic mass is 10.8. The Kier molecular flexibility index (Phi) is 3.92. The molecule has 4 nitrogen and oxygen atoms in total. The van der Waals surface area contributed by atoms with E-state index in [2.05, 4.69) is 9.78 Å². The van der Waals surface area contributed by atoms with Gasteiger partial charge in [-0.3, -0.25) is 4.84 Å². The lowest BCUT2D eigenvalue weighted by molar-refractivity contribution is -0.357. The average molecular weight is 106 g/mol. The highest BCUT2D eigenvalue weighted by Gasteiger charge is 1.92. The zero-order chi connectivity index (χ0) is 5.70. The van der Waals surface area contributed by atoms with Crippen LogP contribution < -0.4 is 5.90 Å². The normalized spacial score (nSPS) is 10.3. The van der Waals surface area contributed by atoms with E-state index < -0.39 is 0 Å². The van der Waals surface area contributed by atoms with Crippen LogP contribution >= 0.6 is 0 Å². The van der Waals surface area contributed by atoms with Crippen LogP contribution in [0.1, 0.15) is 6.92 Å². The molecule has 0 saturated carbocycles. The Balaban J connectivity index is 2.99. The van der Waals surface area contributed by atoms with Crippen LogP contribution in [-0.4, -0.2) is 18.9 Å². The molecule has 0 aromatic heterocycles. The third-order valence-electron chi connectivity index (χ3n) is 0.579. The number of nitrogens with two attached hydrogens (primary N) is 1. The Hall–Kier alpha value is -0.160. The highest BCUT2D eigenvalue weighted by molar-refractivity contribution is 4.10. The van der Waals surface area contributed by atoms with Gasteiger partial charge in [-0.15, -0.1) is 0 Å². The van der Waals surface area contributed by atoms with Crippen molar-refractivity contribution in [2.45, 2.75) is 6.92 Å². The van der Waals surface area contributed by atoms with Gasteiger partial charge in [0.25, 0.3) is 0 Å². The minimum Gasteiger partial charge on any atom is -0.276 e. The van der Waals surface area contributed by atoms with Gasteiger partial charge in [0.2, 0.25) is 0 Å². The van der Waals surface area contributed by atoms with Gasteiger partial charge in [0, 0.05) is 0 Å². The van der Waals surface area contributed by atoms with E-state index in [0.717, 1.165) is 5.23 Å². The van der Waals surface area contributed by atoms with Gasteiger partial charge in [0.05, 0.1) is 13.7 Å². The quantitative estimate of drug-likeness (QED) is 0.501. The fourth-order valence-corrected chi connectivity index (χ4v) is 0.247. The summed E-state index contributed by atoms with van der Waals surface area (Å²) >= 11 is 0. The number of hydrogen-bond donors (Lipinski definition) is 1. The first-order valence-electron chi connectivity index (χ1n) is 2.03. The molecule has 0 unspecified atom stereocenters. The van der Waals surface area contributed by atoms with E-state index in [4.69, 9.17) is 5.90 Å². The minimum atomic E-state index is 0.618. The maximum absolute atomic E-state index is 4.69. The third kappa shape index (κ3) is 2.52. The van der Waals surface area contributed by atoms with Crippen LogP contribution in [0, 0.1) is 0 Å². The molecule has 0 spiro atoms. The van der Waals surface area contributed by atoms with E-state index in [1.54, 1.807) is 0 Å². The summed E-state index contributed by atoms with van der Waals surface area (Å²) in [5.74, 6) is 4.69. The van der Waals surface area contributed by atoms with Crippen molar-refractivity contribution in [1.29, 1.82) is 0 Å². The Labute approximate surface area is 42.7 Å². The molecule has 4 heteroatoms. The zero-order valence-electron chi connectivity index (χ0n) is 4.55. The Morgan fingerprint density at radius 2 is 2.29 bits per heavy atom. The van der Waals surface area contributed by atoms with Crippen molar-refractivity contribution in [1.82, 2.24) is 5.23 Å². The molecule has 44 valence electrons. The van der Waals surface area contributed by atoms with E-state index in [9.17, 15) is 0 Å². The largest absolute Gasteiger partial charge is 0.276 e. The van der Waals surface area contributed by atoms with Gasteiger partial charge < -0.3 is 0 Å². The van der Waals surface area contributed by atoms with Crippen molar-refractivity contribution in [2.75, 3.05) is 13.7 Å². The molecule has 0 amide bonds. The van der Waals surface area contributed by atoms with Crippen molar-refractivity contribution in [2.24, 2.45) is 5.90 Å². The molecule has 0 heterocycles. The molecule has 0 aliphatic heterocycles. The monoisotopic (exact) mass is 106 g/mol. The summed E-state index contributed by atoms with van der Waals surface area (Å²) in [6, 6.07) is 0. The fourth-order valence-electron chi connectivity index (χ4n) is 0.247. The lowest BCUT2D eigenvalue weighted by Gasteiger charge is -2.10. The Morgan fingerprint density at radius 1 is 1.71 bits per heavy atom. The summed E-state index contributed by atoms with van der Waals surface area (Å²) in [6.07, 6.45) is 0. The Morgan fingerprint density at radius 3 is 2.29 bits per heavy atom. The summed E-state index contributed by atoms with van der Waals surface area (Å²) in [5.41, 5.74) is 0. The standard InChI is InChI=1S/C3H10N2O2/c1-3-5(6-2)7-4/h3-4H2,1-2H3. The van der Waals surface area contributed by atoms with Crippen LogP contribution in [-0.2, 0) is 9.78 Å². The molecular formula is C3H10N2O2. The first-order valence-corrected chi connectivity index (χ1v) is 2.03. The molecule has 0 aromatic rings. The summed E-state index contributed by atoms with van der Waals surface area (Å²) in [7, 11) is 1.48. The second kappa shape index (κ2) is 4.01. The van der Waals surface area contributed by atoms with E-state index in [1.165, 1.54) is 7.11 Å². The second-order valence-electron chi connectivity index (χ2n) is 0.937.